The average molecular weight is 471 g/mol. The Morgan fingerprint density at radius 1 is 0.800 bits per heavy atom. The molecule has 2 fully saturated rings. The molecular formula is C20H23ClN2O5S2. The first-order chi connectivity index (χ1) is 14.2. The number of nitrogens with zero attached hydrogens (tertiary/aromatic N) is 2. The number of sulfonamides is 2. The summed E-state index contributed by atoms with van der Waals surface area (Å²) in [5.41, 5.74) is -0.161. The third kappa shape index (κ3) is 3.85. The molecule has 2 aromatic rings. The van der Waals surface area contributed by atoms with Crippen molar-refractivity contribution in [2.45, 2.75) is 22.6 Å². The van der Waals surface area contributed by atoms with Gasteiger partial charge in [0, 0.05) is 36.6 Å². The molecule has 0 N–H and O–H groups in total. The zero-order valence-corrected chi connectivity index (χ0v) is 18.9. The highest BCUT2D eigenvalue weighted by atomic mass is 35.5. The Morgan fingerprint density at radius 2 is 1.27 bits per heavy atom. The first-order valence-electron chi connectivity index (χ1n) is 9.56. The van der Waals surface area contributed by atoms with Gasteiger partial charge in [0.05, 0.1) is 16.9 Å². The number of halogens is 1. The number of piperidine rings is 1. The van der Waals surface area contributed by atoms with E-state index in [1.54, 1.807) is 36.4 Å². The van der Waals surface area contributed by atoms with Crippen molar-refractivity contribution < 1.29 is 21.6 Å². The zero-order chi connectivity index (χ0) is 21.6. The Hall–Kier alpha value is -1.65. The van der Waals surface area contributed by atoms with Crippen LogP contribution in [-0.4, -0.2) is 58.7 Å². The molecule has 2 aliphatic rings. The molecule has 0 bridgehead atoms. The van der Waals surface area contributed by atoms with Crippen molar-refractivity contribution in [3.63, 3.8) is 0 Å². The van der Waals surface area contributed by atoms with Gasteiger partial charge < -0.3 is 4.74 Å². The summed E-state index contributed by atoms with van der Waals surface area (Å²) in [4.78, 5) is 0.459. The number of rotatable bonds is 5. The fourth-order valence-corrected chi connectivity index (χ4v) is 7.27. The van der Waals surface area contributed by atoms with E-state index in [4.69, 9.17) is 16.3 Å². The van der Waals surface area contributed by atoms with Gasteiger partial charge in [-0.15, -0.1) is 0 Å². The maximum Gasteiger partial charge on any atom is 0.243 e. The molecule has 2 saturated heterocycles. The summed E-state index contributed by atoms with van der Waals surface area (Å²) in [6, 6.07) is 12.5. The van der Waals surface area contributed by atoms with E-state index in [-0.39, 0.29) is 15.2 Å². The second kappa shape index (κ2) is 7.80. The van der Waals surface area contributed by atoms with Crippen LogP contribution in [0.5, 0.6) is 5.75 Å². The fraction of sp³-hybridized carbons (Fsp3) is 0.400. The number of ether oxygens (including phenoxy) is 1. The van der Waals surface area contributed by atoms with Crippen LogP contribution in [0.3, 0.4) is 0 Å². The molecule has 0 atom stereocenters. The summed E-state index contributed by atoms with van der Waals surface area (Å²) in [6.45, 7) is 1.58. The highest BCUT2D eigenvalue weighted by Crippen LogP contribution is 2.43. The quantitative estimate of drug-likeness (QED) is 0.670. The van der Waals surface area contributed by atoms with E-state index in [0.29, 0.717) is 49.8 Å². The van der Waals surface area contributed by atoms with E-state index < -0.39 is 20.0 Å². The fourth-order valence-electron chi connectivity index (χ4n) is 4.04. The number of benzene rings is 2. The topological polar surface area (TPSA) is 84.0 Å². The minimum Gasteiger partial charge on any atom is -0.497 e. The van der Waals surface area contributed by atoms with Crippen LogP contribution < -0.4 is 4.74 Å². The lowest BCUT2D eigenvalue weighted by atomic mass is 9.74. The van der Waals surface area contributed by atoms with Crippen LogP contribution in [0.2, 0.25) is 5.02 Å². The minimum atomic E-state index is -3.58. The summed E-state index contributed by atoms with van der Waals surface area (Å²) < 4.78 is 59.4. The van der Waals surface area contributed by atoms with Gasteiger partial charge in [0.15, 0.2) is 0 Å². The van der Waals surface area contributed by atoms with Crippen LogP contribution in [0.15, 0.2) is 58.3 Å². The molecule has 0 saturated carbocycles. The molecule has 7 nitrogen and oxygen atoms in total. The second-order valence-corrected chi connectivity index (χ2v) is 12.1. The highest BCUT2D eigenvalue weighted by Gasteiger charge is 2.50. The third-order valence-corrected chi connectivity index (χ3v) is 9.93. The third-order valence-electron chi connectivity index (χ3n) is 5.96. The van der Waals surface area contributed by atoms with Crippen LogP contribution in [0.4, 0.5) is 0 Å². The molecular weight excluding hydrogens is 448 g/mol. The Bertz CT molecular complexity index is 1120. The average Bonchev–Trinajstić information content (AvgIpc) is 2.72. The summed E-state index contributed by atoms with van der Waals surface area (Å²) >= 11 is 5.85. The maximum atomic E-state index is 12.9. The Kier molecular flexibility index (Phi) is 5.61. The largest absolute Gasteiger partial charge is 0.497 e. The molecule has 10 heteroatoms. The molecule has 0 radical (unpaired) electrons. The summed E-state index contributed by atoms with van der Waals surface area (Å²) in [6.07, 6.45) is 1.27. The molecule has 162 valence electrons. The zero-order valence-electron chi connectivity index (χ0n) is 16.5. The van der Waals surface area contributed by atoms with Gasteiger partial charge in [-0.1, -0.05) is 11.6 Å². The van der Waals surface area contributed by atoms with E-state index in [9.17, 15) is 16.8 Å². The lowest BCUT2D eigenvalue weighted by Gasteiger charge is -2.52. The first kappa shape index (κ1) is 21.6. The van der Waals surface area contributed by atoms with Crippen molar-refractivity contribution >= 4 is 31.6 Å². The van der Waals surface area contributed by atoms with Crippen molar-refractivity contribution in [3.8, 4) is 5.75 Å². The van der Waals surface area contributed by atoms with Crippen LogP contribution >= 0.6 is 11.6 Å². The van der Waals surface area contributed by atoms with Gasteiger partial charge >= 0.3 is 0 Å². The highest BCUT2D eigenvalue weighted by molar-refractivity contribution is 7.89. The lowest BCUT2D eigenvalue weighted by Crippen LogP contribution is -2.62. The molecule has 0 amide bonds. The number of hydrogen-bond acceptors (Lipinski definition) is 5. The Morgan fingerprint density at radius 3 is 1.77 bits per heavy atom. The van der Waals surface area contributed by atoms with Gasteiger partial charge in [-0.05, 0) is 61.4 Å². The molecule has 2 aromatic carbocycles. The SMILES string of the molecule is COc1ccc(S(=O)(=O)N2CCC3(CC2)CN(S(=O)(=O)c2ccc(Cl)cc2)C3)cc1. The second-order valence-electron chi connectivity index (χ2n) is 7.81. The van der Waals surface area contributed by atoms with Gasteiger partial charge in [-0.3, -0.25) is 0 Å². The van der Waals surface area contributed by atoms with Crippen LogP contribution in [0.25, 0.3) is 0 Å². The number of methoxy groups -OCH3 is 1. The molecule has 30 heavy (non-hydrogen) atoms. The predicted octanol–water partition coefficient (Wildman–Crippen LogP) is 2.82. The van der Waals surface area contributed by atoms with Gasteiger partial charge in [-0.2, -0.15) is 8.61 Å². The number of hydrogen-bond donors (Lipinski definition) is 0. The maximum absolute atomic E-state index is 12.9. The first-order valence-corrected chi connectivity index (χ1v) is 12.8. The van der Waals surface area contributed by atoms with Gasteiger partial charge in [0.2, 0.25) is 20.0 Å². The minimum absolute atomic E-state index is 0.161. The van der Waals surface area contributed by atoms with E-state index in [0.717, 1.165) is 0 Å². The van der Waals surface area contributed by atoms with Crippen molar-refractivity contribution in [2.24, 2.45) is 5.41 Å². The van der Waals surface area contributed by atoms with Crippen molar-refractivity contribution in [3.05, 3.63) is 53.6 Å². The standard InChI is InChI=1S/C20H23ClN2O5S2/c1-28-17-4-8-19(9-5-17)29(24,25)22-12-10-20(11-13-22)14-23(15-20)30(26,27)18-6-2-16(21)3-7-18/h2-9H,10-15H2,1H3. The molecule has 0 aliphatic carbocycles. The summed E-state index contributed by atoms with van der Waals surface area (Å²) in [7, 11) is -5.60. The van der Waals surface area contributed by atoms with E-state index in [2.05, 4.69) is 0 Å². The molecule has 2 aliphatic heterocycles. The molecule has 1 spiro atoms. The van der Waals surface area contributed by atoms with E-state index in [1.807, 2.05) is 0 Å². The van der Waals surface area contributed by atoms with E-state index in [1.165, 1.54) is 27.9 Å². The summed E-state index contributed by atoms with van der Waals surface area (Å²) in [5.74, 6) is 0.600. The Balaban J connectivity index is 1.40. The lowest BCUT2D eigenvalue weighted by molar-refractivity contribution is 0.0197. The Labute approximate surface area is 182 Å². The van der Waals surface area contributed by atoms with Gasteiger partial charge in [-0.25, -0.2) is 16.8 Å². The van der Waals surface area contributed by atoms with Crippen molar-refractivity contribution in [1.29, 1.82) is 0 Å². The van der Waals surface area contributed by atoms with E-state index >= 15 is 0 Å². The normalized spacial score (nSPS) is 20.1. The summed E-state index contributed by atoms with van der Waals surface area (Å²) in [5, 5.41) is 0.486. The van der Waals surface area contributed by atoms with Crippen LogP contribution in [-0.2, 0) is 20.0 Å². The van der Waals surface area contributed by atoms with Crippen molar-refractivity contribution in [1.82, 2.24) is 8.61 Å². The molecule has 0 aromatic heterocycles. The molecule has 0 unspecified atom stereocenters. The predicted molar refractivity (Wildman–Crippen MR) is 114 cm³/mol. The molecule has 4 rings (SSSR count). The smallest absolute Gasteiger partial charge is 0.243 e. The van der Waals surface area contributed by atoms with Gasteiger partial charge in [0.1, 0.15) is 5.75 Å². The van der Waals surface area contributed by atoms with Crippen molar-refractivity contribution in [2.75, 3.05) is 33.3 Å². The van der Waals surface area contributed by atoms with Gasteiger partial charge in [0.25, 0.3) is 0 Å². The molecule has 2 heterocycles. The monoisotopic (exact) mass is 470 g/mol. The van der Waals surface area contributed by atoms with Crippen LogP contribution in [0, 0.1) is 5.41 Å². The van der Waals surface area contributed by atoms with Crippen LogP contribution in [0.1, 0.15) is 12.8 Å².